The molecule has 130 valence electrons. The summed E-state index contributed by atoms with van der Waals surface area (Å²) >= 11 is 0. The Morgan fingerprint density at radius 2 is 2.04 bits per heavy atom. The van der Waals surface area contributed by atoms with E-state index >= 15 is 0 Å². The van der Waals surface area contributed by atoms with Gasteiger partial charge in [0, 0.05) is 25.0 Å². The normalized spacial score (nSPS) is 12.2. The average Bonchev–Trinajstić information content (AvgIpc) is 3.27. The number of rotatable bonds is 4. The number of hydrogen-bond acceptors (Lipinski definition) is 4. The fourth-order valence-corrected chi connectivity index (χ4v) is 2.83. The van der Waals surface area contributed by atoms with Crippen LogP contribution in [0.3, 0.4) is 0 Å². The van der Waals surface area contributed by atoms with Gasteiger partial charge in [-0.2, -0.15) is 15.4 Å². The number of hydrogen-bond donors (Lipinski definition) is 2. The van der Waals surface area contributed by atoms with E-state index in [1.807, 2.05) is 7.05 Å². The van der Waals surface area contributed by atoms with Crippen LogP contribution in [0, 0.1) is 5.82 Å². The first kappa shape index (κ1) is 15.9. The van der Waals surface area contributed by atoms with Crippen LogP contribution in [0.4, 0.5) is 4.39 Å². The Labute approximate surface area is 147 Å². The zero-order valence-corrected chi connectivity index (χ0v) is 13.8. The highest BCUT2D eigenvalue weighted by molar-refractivity contribution is 5.97. The molecule has 2 aromatic heterocycles. The second-order valence-electron chi connectivity index (χ2n) is 5.88. The molecule has 8 heteroatoms. The summed E-state index contributed by atoms with van der Waals surface area (Å²) < 4.78 is 15.5. The van der Waals surface area contributed by atoms with Crippen molar-refractivity contribution >= 4 is 16.9 Å². The second-order valence-corrected chi connectivity index (χ2v) is 5.88. The van der Waals surface area contributed by atoms with E-state index in [1.165, 1.54) is 12.1 Å². The summed E-state index contributed by atoms with van der Waals surface area (Å²) in [7, 11) is 1.82. The molecule has 26 heavy (non-hydrogen) atoms. The number of H-pyrrole nitrogens is 1. The minimum atomic E-state index is -0.591. The van der Waals surface area contributed by atoms with E-state index in [1.54, 1.807) is 47.3 Å². The molecular weight excluding hydrogens is 335 g/mol. The molecule has 2 heterocycles. The molecule has 2 aromatic carbocycles. The van der Waals surface area contributed by atoms with Crippen LogP contribution in [0.1, 0.15) is 27.8 Å². The molecule has 4 aromatic rings. The predicted molar refractivity (Wildman–Crippen MR) is 92.8 cm³/mol. The van der Waals surface area contributed by atoms with Crippen molar-refractivity contribution in [3.8, 4) is 0 Å². The lowest BCUT2D eigenvalue weighted by Gasteiger charge is -2.19. The lowest BCUT2D eigenvalue weighted by atomic mass is 10.0. The van der Waals surface area contributed by atoms with E-state index in [0.717, 1.165) is 0 Å². The van der Waals surface area contributed by atoms with Crippen LogP contribution in [0.5, 0.6) is 0 Å². The predicted octanol–water partition coefficient (Wildman–Crippen LogP) is 2.35. The number of carbonyl (C=O) groups is 1. The van der Waals surface area contributed by atoms with Crippen LogP contribution in [-0.2, 0) is 7.05 Å². The lowest BCUT2D eigenvalue weighted by Crippen LogP contribution is -2.31. The van der Waals surface area contributed by atoms with Gasteiger partial charge < -0.3 is 9.88 Å². The van der Waals surface area contributed by atoms with Crippen LogP contribution in [-0.4, -0.2) is 30.9 Å². The largest absolute Gasteiger partial charge is 0.338 e. The van der Waals surface area contributed by atoms with Gasteiger partial charge in [-0.05, 0) is 35.9 Å². The van der Waals surface area contributed by atoms with Crippen LogP contribution >= 0.6 is 0 Å². The van der Waals surface area contributed by atoms with Crippen molar-refractivity contribution in [1.29, 1.82) is 0 Å². The quantitative estimate of drug-likeness (QED) is 0.591. The van der Waals surface area contributed by atoms with Crippen molar-refractivity contribution in [2.75, 3.05) is 0 Å². The Hall–Kier alpha value is -3.55. The number of imidazole rings is 1. The van der Waals surface area contributed by atoms with Crippen molar-refractivity contribution in [3.63, 3.8) is 0 Å². The molecule has 0 fully saturated rings. The summed E-state index contributed by atoms with van der Waals surface area (Å²) in [6, 6.07) is 10.5. The highest BCUT2D eigenvalue weighted by Gasteiger charge is 2.22. The smallest absolute Gasteiger partial charge is 0.252 e. The molecule has 4 rings (SSSR count). The summed E-state index contributed by atoms with van der Waals surface area (Å²) in [5, 5.41) is 13.4. The first-order chi connectivity index (χ1) is 12.6. The Balaban J connectivity index is 1.70. The van der Waals surface area contributed by atoms with Crippen LogP contribution in [0.25, 0.3) is 11.0 Å². The molecule has 0 aliphatic heterocycles. The third-order valence-corrected chi connectivity index (χ3v) is 4.15. The molecule has 0 saturated heterocycles. The van der Waals surface area contributed by atoms with Gasteiger partial charge in [-0.1, -0.05) is 12.1 Å². The summed E-state index contributed by atoms with van der Waals surface area (Å²) in [4.78, 5) is 17.1. The highest BCUT2D eigenvalue weighted by atomic mass is 19.1. The minimum absolute atomic E-state index is 0.313. The number of aryl methyl sites for hydroxylation is 1. The van der Waals surface area contributed by atoms with Gasteiger partial charge in [-0.25, -0.2) is 9.37 Å². The Kier molecular flexibility index (Phi) is 3.92. The number of halogens is 1. The van der Waals surface area contributed by atoms with Gasteiger partial charge in [-0.15, -0.1) is 0 Å². The number of nitrogens with zero attached hydrogens (tertiary/aromatic N) is 4. The standard InChI is InChI=1S/C18H15FN6O/c1-25-8-7-20-17(25)16(11-3-2-4-13(19)9-11)21-18(26)12-5-6-14-15(10-12)23-24-22-14/h2-10,16H,1H3,(H,21,26)(H,22,23,24)/t16-/m0/s1. The Morgan fingerprint density at radius 1 is 1.19 bits per heavy atom. The maximum atomic E-state index is 13.7. The zero-order chi connectivity index (χ0) is 18.1. The van der Waals surface area contributed by atoms with E-state index in [-0.39, 0.29) is 11.7 Å². The molecule has 2 N–H and O–H groups in total. The van der Waals surface area contributed by atoms with Crippen LogP contribution < -0.4 is 5.32 Å². The van der Waals surface area contributed by atoms with Crippen molar-refractivity contribution < 1.29 is 9.18 Å². The third kappa shape index (κ3) is 2.92. The Bertz CT molecular complexity index is 1090. The van der Waals surface area contributed by atoms with Crippen molar-refractivity contribution in [3.05, 3.63) is 77.6 Å². The van der Waals surface area contributed by atoms with E-state index in [2.05, 4.69) is 25.7 Å². The Morgan fingerprint density at radius 3 is 2.81 bits per heavy atom. The lowest BCUT2D eigenvalue weighted by molar-refractivity contribution is 0.0941. The summed E-state index contributed by atoms with van der Waals surface area (Å²) in [6.45, 7) is 0. The number of nitrogens with one attached hydrogen (secondary N) is 2. The summed E-state index contributed by atoms with van der Waals surface area (Å²) in [6.07, 6.45) is 3.41. The molecule has 0 aliphatic carbocycles. The monoisotopic (exact) mass is 350 g/mol. The number of carbonyl (C=O) groups excluding carboxylic acids is 1. The summed E-state index contributed by atoms with van der Waals surface area (Å²) in [5.41, 5.74) is 2.31. The van der Waals surface area contributed by atoms with Gasteiger partial charge in [-0.3, -0.25) is 4.79 Å². The number of aromatic amines is 1. The minimum Gasteiger partial charge on any atom is -0.338 e. The van der Waals surface area contributed by atoms with Gasteiger partial charge in [0.25, 0.3) is 5.91 Å². The maximum absolute atomic E-state index is 13.7. The molecule has 0 aliphatic rings. The molecule has 1 atom stereocenters. The number of fused-ring (bicyclic) bond motifs is 1. The SMILES string of the molecule is Cn1ccnc1[C@@H](NC(=O)c1ccc2n[nH]nc2c1)c1cccc(F)c1. The number of amides is 1. The molecule has 1 amide bonds. The maximum Gasteiger partial charge on any atom is 0.252 e. The van der Waals surface area contributed by atoms with Crippen LogP contribution in [0.2, 0.25) is 0 Å². The molecule has 0 bridgehead atoms. The fraction of sp³-hybridized carbons (Fsp3) is 0.111. The van der Waals surface area contributed by atoms with E-state index in [9.17, 15) is 9.18 Å². The zero-order valence-electron chi connectivity index (χ0n) is 13.8. The first-order valence-corrected chi connectivity index (χ1v) is 7.96. The van der Waals surface area contributed by atoms with Gasteiger partial charge >= 0.3 is 0 Å². The summed E-state index contributed by atoms with van der Waals surface area (Å²) in [5.74, 6) is -0.0846. The van der Waals surface area contributed by atoms with Gasteiger partial charge in [0.15, 0.2) is 0 Å². The van der Waals surface area contributed by atoms with Gasteiger partial charge in [0.05, 0.1) is 0 Å². The first-order valence-electron chi connectivity index (χ1n) is 7.96. The molecule has 0 unspecified atom stereocenters. The number of benzene rings is 2. The molecule has 0 saturated carbocycles. The van der Waals surface area contributed by atoms with Gasteiger partial charge in [0.2, 0.25) is 0 Å². The van der Waals surface area contributed by atoms with Crippen molar-refractivity contribution in [2.24, 2.45) is 7.05 Å². The van der Waals surface area contributed by atoms with Gasteiger partial charge in [0.1, 0.15) is 28.7 Å². The molecule has 0 spiro atoms. The highest BCUT2D eigenvalue weighted by Crippen LogP contribution is 2.22. The van der Waals surface area contributed by atoms with E-state index < -0.39 is 6.04 Å². The van der Waals surface area contributed by atoms with Crippen LogP contribution in [0.15, 0.2) is 54.9 Å². The van der Waals surface area contributed by atoms with Crippen molar-refractivity contribution in [2.45, 2.75) is 6.04 Å². The third-order valence-electron chi connectivity index (χ3n) is 4.15. The van der Waals surface area contributed by atoms with E-state index in [4.69, 9.17) is 0 Å². The average molecular weight is 350 g/mol. The van der Waals surface area contributed by atoms with Crippen molar-refractivity contribution in [1.82, 2.24) is 30.3 Å². The molecule has 0 radical (unpaired) electrons. The second kappa shape index (κ2) is 6.40. The molecule has 7 nitrogen and oxygen atoms in total. The molecular formula is C18H15FN6O. The fourth-order valence-electron chi connectivity index (χ4n) is 2.83. The number of aromatic nitrogens is 5. The topological polar surface area (TPSA) is 88.5 Å². The van der Waals surface area contributed by atoms with E-state index in [0.29, 0.717) is 28.0 Å².